The van der Waals surface area contributed by atoms with Gasteiger partial charge in [0.05, 0.1) is 5.69 Å². The van der Waals surface area contributed by atoms with Crippen molar-refractivity contribution in [3.8, 4) is 22.4 Å². The monoisotopic (exact) mass is 370 g/mol. The SMILES string of the molecule is CC1(C)CCC(C)(C)c2cc(-c3ccnc(-c4ccc(CN)cc4)c3)ccc21. The number of hydrogen-bond acceptors (Lipinski definition) is 2. The maximum absolute atomic E-state index is 5.72. The first-order valence-electron chi connectivity index (χ1n) is 10.2. The van der Waals surface area contributed by atoms with E-state index in [1.54, 1.807) is 0 Å². The number of benzene rings is 2. The molecule has 144 valence electrons. The summed E-state index contributed by atoms with van der Waals surface area (Å²) in [4.78, 5) is 4.60. The molecule has 2 heteroatoms. The lowest BCUT2D eigenvalue weighted by atomic mass is 9.63. The zero-order valence-electron chi connectivity index (χ0n) is 17.4. The lowest BCUT2D eigenvalue weighted by Crippen LogP contribution is -2.33. The van der Waals surface area contributed by atoms with Gasteiger partial charge < -0.3 is 5.73 Å². The van der Waals surface area contributed by atoms with E-state index in [1.807, 2.05) is 6.20 Å². The van der Waals surface area contributed by atoms with E-state index in [0.29, 0.717) is 6.54 Å². The molecule has 2 aromatic carbocycles. The molecule has 0 spiro atoms. The van der Waals surface area contributed by atoms with Crippen LogP contribution in [0.25, 0.3) is 22.4 Å². The molecular formula is C26H30N2. The molecule has 0 radical (unpaired) electrons. The number of aromatic nitrogens is 1. The molecule has 4 rings (SSSR count). The minimum absolute atomic E-state index is 0.217. The highest BCUT2D eigenvalue weighted by molar-refractivity contribution is 5.71. The first kappa shape index (κ1) is 18.9. The lowest BCUT2D eigenvalue weighted by Gasteiger charge is -2.42. The molecule has 0 aliphatic heterocycles. The molecule has 0 atom stereocenters. The zero-order chi connectivity index (χ0) is 19.9. The van der Waals surface area contributed by atoms with Crippen LogP contribution in [-0.2, 0) is 17.4 Å². The van der Waals surface area contributed by atoms with E-state index >= 15 is 0 Å². The van der Waals surface area contributed by atoms with Gasteiger partial charge in [0.25, 0.3) is 0 Å². The van der Waals surface area contributed by atoms with Crippen molar-refractivity contribution in [2.24, 2.45) is 5.73 Å². The highest BCUT2D eigenvalue weighted by atomic mass is 14.7. The van der Waals surface area contributed by atoms with Gasteiger partial charge in [0.2, 0.25) is 0 Å². The van der Waals surface area contributed by atoms with Crippen LogP contribution < -0.4 is 5.73 Å². The van der Waals surface area contributed by atoms with Gasteiger partial charge in [-0.05, 0) is 63.6 Å². The maximum atomic E-state index is 5.72. The maximum Gasteiger partial charge on any atom is 0.0708 e. The van der Waals surface area contributed by atoms with Crippen LogP contribution >= 0.6 is 0 Å². The molecule has 0 unspecified atom stereocenters. The third kappa shape index (κ3) is 3.38. The Morgan fingerprint density at radius 2 is 1.36 bits per heavy atom. The second kappa shape index (κ2) is 6.86. The van der Waals surface area contributed by atoms with Crippen molar-refractivity contribution in [3.05, 3.63) is 77.5 Å². The summed E-state index contributed by atoms with van der Waals surface area (Å²) in [6.45, 7) is 10.1. The van der Waals surface area contributed by atoms with Crippen LogP contribution in [-0.4, -0.2) is 4.98 Å². The highest BCUT2D eigenvalue weighted by Gasteiger charge is 2.36. The van der Waals surface area contributed by atoms with Gasteiger partial charge in [-0.3, -0.25) is 4.98 Å². The molecule has 2 N–H and O–H groups in total. The summed E-state index contributed by atoms with van der Waals surface area (Å²) in [6, 6.07) is 19.7. The average Bonchev–Trinajstić information content (AvgIpc) is 2.71. The van der Waals surface area contributed by atoms with Crippen LogP contribution in [0.2, 0.25) is 0 Å². The minimum atomic E-state index is 0.217. The van der Waals surface area contributed by atoms with Crippen molar-refractivity contribution >= 4 is 0 Å². The van der Waals surface area contributed by atoms with Crippen LogP contribution in [0, 0.1) is 0 Å². The topological polar surface area (TPSA) is 38.9 Å². The van der Waals surface area contributed by atoms with Crippen LogP contribution in [0.5, 0.6) is 0 Å². The molecule has 0 saturated heterocycles. The minimum Gasteiger partial charge on any atom is -0.326 e. The summed E-state index contributed by atoms with van der Waals surface area (Å²) >= 11 is 0. The van der Waals surface area contributed by atoms with E-state index in [2.05, 4.69) is 87.3 Å². The number of fused-ring (bicyclic) bond motifs is 1. The fourth-order valence-corrected chi connectivity index (χ4v) is 4.35. The Bertz CT molecular complexity index is 997. The normalized spacial score (nSPS) is 17.2. The lowest BCUT2D eigenvalue weighted by molar-refractivity contribution is 0.332. The standard InChI is InChI=1S/C26H30N2/c1-25(2)12-13-26(3,4)23-15-20(9-10-22(23)25)21-11-14-28-24(16-21)19-7-5-18(17-27)6-8-19/h5-11,14-16H,12-13,17,27H2,1-4H3. The van der Waals surface area contributed by atoms with Gasteiger partial charge in [0.1, 0.15) is 0 Å². The van der Waals surface area contributed by atoms with Gasteiger partial charge in [-0.1, -0.05) is 70.2 Å². The molecule has 1 aliphatic rings. The fourth-order valence-electron chi connectivity index (χ4n) is 4.35. The second-order valence-electron chi connectivity index (χ2n) is 9.36. The summed E-state index contributed by atoms with van der Waals surface area (Å²) in [7, 11) is 0. The second-order valence-corrected chi connectivity index (χ2v) is 9.36. The highest BCUT2D eigenvalue weighted by Crippen LogP contribution is 2.46. The quantitative estimate of drug-likeness (QED) is 0.594. The van der Waals surface area contributed by atoms with Crippen molar-refractivity contribution < 1.29 is 0 Å². The Kier molecular flexibility index (Phi) is 4.63. The molecule has 0 saturated carbocycles. The van der Waals surface area contributed by atoms with Gasteiger partial charge in [0.15, 0.2) is 0 Å². The predicted octanol–water partition coefficient (Wildman–Crippen LogP) is 6.22. The van der Waals surface area contributed by atoms with Gasteiger partial charge in [-0.2, -0.15) is 0 Å². The van der Waals surface area contributed by atoms with E-state index in [1.165, 1.54) is 35.1 Å². The molecule has 1 heterocycles. The molecular weight excluding hydrogens is 340 g/mol. The summed E-state index contributed by atoms with van der Waals surface area (Å²) in [5, 5.41) is 0. The number of hydrogen-bond donors (Lipinski definition) is 1. The smallest absolute Gasteiger partial charge is 0.0708 e. The van der Waals surface area contributed by atoms with Gasteiger partial charge in [0, 0.05) is 18.3 Å². The third-order valence-corrected chi connectivity index (χ3v) is 6.43. The van der Waals surface area contributed by atoms with E-state index < -0.39 is 0 Å². The third-order valence-electron chi connectivity index (χ3n) is 6.43. The summed E-state index contributed by atoms with van der Waals surface area (Å²) in [5.74, 6) is 0. The van der Waals surface area contributed by atoms with Crippen molar-refractivity contribution in [1.29, 1.82) is 0 Å². The van der Waals surface area contributed by atoms with E-state index in [-0.39, 0.29) is 10.8 Å². The van der Waals surface area contributed by atoms with Crippen molar-refractivity contribution in [3.63, 3.8) is 0 Å². The van der Waals surface area contributed by atoms with E-state index in [0.717, 1.165) is 16.8 Å². The number of nitrogens with two attached hydrogens (primary N) is 1. The Labute approximate surface area is 168 Å². The Hall–Kier alpha value is -2.45. The van der Waals surface area contributed by atoms with Crippen LogP contribution in [0.3, 0.4) is 0 Å². The molecule has 0 amide bonds. The van der Waals surface area contributed by atoms with Crippen LogP contribution in [0.4, 0.5) is 0 Å². The molecule has 1 aliphatic carbocycles. The molecule has 0 bridgehead atoms. The molecule has 28 heavy (non-hydrogen) atoms. The van der Waals surface area contributed by atoms with Crippen molar-refractivity contribution in [2.45, 2.75) is 57.9 Å². The Morgan fingerprint density at radius 3 is 2.04 bits per heavy atom. The van der Waals surface area contributed by atoms with Crippen LogP contribution in [0.15, 0.2) is 60.8 Å². The molecule has 2 nitrogen and oxygen atoms in total. The van der Waals surface area contributed by atoms with E-state index in [9.17, 15) is 0 Å². The number of nitrogens with zero attached hydrogens (tertiary/aromatic N) is 1. The number of pyridine rings is 1. The van der Waals surface area contributed by atoms with Crippen molar-refractivity contribution in [1.82, 2.24) is 4.98 Å². The average molecular weight is 371 g/mol. The van der Waals surface area contributed by atoms with Gasteiger partial charge in [-0.15, -0.1) is 0 Å². The Morgan fingerprint density at radius 1 is 0.750 bits per heavy atom. The number of rotatable bonds is 3. The zero-order valence-corrected chi connectivity index (χ0v) is 17.4. The first-order chi connectivity index (χ1) is 13.3. The van der Waals surface area contributed by atoms with Gasteiger partial charge >= 0.3 is 0 Å². The molecule has 3 aromatic rings. The largest absolute Gasteiger partial charge is 0.326 e. The van der Waals surface area contributed by atoms with Crippen LogP contribution in [0.1, 0.15) is 57.2 Å². The predicted molar refractivity (Wildman–Crippen MR) is 118 cm³/mol. The molecule has 1 aromatic heterocycles. The summed E-state index contributed by atoms with van der Waals surface area (Å²) in [6.07, 6.45) is 4.38. The summed E-state index contributed by atoms with van der Waals surface area (Å²) in [5.41, 5.74) is 14.9. The molecule has 0 fully saturated rings. The summed E-state index contributed by atoms with van der Waals surface area (Å²) < 4.78 is 0. The Balaban J connectivity index is 1.76. The fraction of sp³-hybridized carbons (Fsp3) is 0.346. The van der Waals surface area contributed by atoms with E-state index in [4.69, 9.17) is 5.73 Å². The van der Waals surface area contributed by atoms with Gasteiger partial charge in [-0.25, -0.2) is 0 Å². The first-order valence-corrected chi connectivity index (χ1v) is 10.2. The van der Waals surface area contributed by atoms with Crippen molar-refractivity contribution in [2.75, 3.05) is 0 Å².